The number of rotatable bonds is 3. The van der Waals surface area contributed by atoms with Gasteiger partial charge in [0, 0.05) is 27.7 Å². The van der Waals surface area contributed by atoms with Crippen LogP contribution in [0.5, 0.6) is 0 Å². The number of hydrogen-bond acceptors (Lipinski definition) is 3. The van der Waals surface area contributed by atoms with E-state index in [1.165, 1.54) is 6.20 Å². The van der Waals surface area contributed by atoms with E-state index in [1.807, 2.05) is 0 Å². The van der Waals surface area contributed by atoms with Gasteiger partial charge in [0.25, 0.3) is 0 Å². The third-order valence-corrected chi connectivity index (χ3v) is 3.57. The van der Waals surface area contributed by atoms with Crippen molar-refractivity contribution in [3.05, 3.63) is 45.7 Å². The average molecular weight is 309 g/mol. The van der Waals surface area contributed by atoms with Gasteiger partial charge in [0.1, 0.15) is 0 Å². The topological polar surface area (TPSA) is 63.1 Å². The molecular formula is C14H10Cl2N2O2. The number of carbonyl (C=O) groups is 1. The fraction of sp³-hybridized carbons (Fsp3) is 0.214. The van der Waals surface area contributed by atoms with Gasteiger partial charge >= 0.3 is 5.97 Å². The number of benzene rings is 1. The van der Waals surface area contributed by atoms with Gasteiger partial charge in [-0.25, -0.2) is 14.8 Å². The SMILES string of the molecule is O=C(O)c1cnc(-c2cc(Cl)cc(Cl)c2)nc1C1CC1. The van der Waals surface area contributed by atoms with Crippen molar-refractivity contribution < 1.29 is 9.90 Å². The quantitative estimate of drug-likeness (QED) is 0.930. The fourth-order valence-electron chi connectivity index (χ4n) is 2.05. The minimum absolute atomic E-state index is 0.171. The molecule has 4 nitrogen and oxygen atoms in total. The Bertz CT molecular complexity index is 679. The van der Waals surface area contributed by atoms with Crippen LogP contribution in [0, 0.1) is 0 Å². The van der Waals surface area contributed by atoms with E-state index in [4.69, 9.17) is 28.3 Å². The Morgan fingerprint density at radius 1 is 1.20 bits per heavy atom. The summed E-state index contributed by atoms with van der Waals surface area (Å²) in [5.41, 5.74) is 1.45. The van der Waals surface area contributed by atoms with Crippen molar-refractivity contribution in [3.63, 3.8) is 0 Å². The fourth-order valence-corrected chi connectivity index (χ4v) is 2.58. The summed E-state index contributed by atoms with van der Waals surface area (Å²) < 4.78 is 0. The maximum atomic E-state index is 11.2. The molecular weight excluding hydrogens is 299 g/mol. The summed E-state index contributed by atoms with van der Waals surface area (Å²) in [5.74, 6) is -0.332. The Labute approximate surface area is 125 Å². The second-order valence-corrected chi connectivity index (χ2v) is 5.60. The minimum Gasteiger partial charge on any atom is -0.478 e. The maximum absolute atomic E-state index is 11.2. The predicted molar refractivity (Wildman–Crippen MR) is 76.4 cm³/mol. The van der Waals surface area contributed by atoms with Gasteiger partial charge < -0.3 is 5.11 Å². The molecule has 0 saturated heterocycles. The molecule has 2 aromatic rings. The van der Waals surface area contributed by atoms with Crippen LogP contribution in [0.4, 0.5) is 0 Å². The Hall–Kier alpha value is -1.65. The second kappa shape index (κ2) is 5.04. The highest BCUT2D eigenvalue weighted by Crippen LogP contribution is 2.41. The van der Waals surface area contributed by atoms with Gasteiger partial charge in [-0.1, -0.05) is 23.2 Å². The molecule has 0 spiro atoms. The van der Waals surface area contributed by atoms with Crippen LogP contribution in [-0.2, 0) is 0 Å². The molecule has 6 heteroatoms. The zero-order valence-electron chi connectivity index (χ0n) is 10.3. The molecule has 0 amide bonds. The van der Waals surface area contributed by atoms with Crippen LogP contribution in [0.25, 0.3) is 11.4 Å². The number of carboxylic acid groups (broad SMARTS) is 1. The van der Waals surface area contributed by atoms with Crippen LogP contribution >= 0.6 is 23.2 Å². The minimum atomic E-state index is -0.998. The highest BCUT2D eigenvalue weighted by Gasteiger charge is 2.30. The number of nitrogens with zero attached hydrogens (tertiary/aromatic N) is 2. The van der Waals surface area contributed by atoms with E-state index in [1.54, 1.807) is 18.2 Å². The number of halogens is 2. The molecule has 1 aliphatic rings. The van der Waals surface area contributed by atoms with Crippen molar-refractivity contribution >= 4 is 29.2 Å². The predicted octanol–water partition coefficient (Wildman–Crippen LogP) is 4.03. The standard InChI is InChI=1S/C14H10Cl2N2O2/c15-9-3-8(4-10(16)5-9)13-17-6-11(14(19)20)12(18-13)7-1-2-7/h3-7H,1-2H2,(H,19,20). The van der Waals surface area contributed by atoms with Gasteiger partial charge in [0.2, 0.25) is 0 Å². The largest absolute Gasteiger partial charge is 0.478 e. The Balaban J connectivity index is 2.10. The van der Waals surface area contributed by atoms with Crippen molar-refractivity contribution in [2.24, 2.45) is 0 Å². The summed E-state index contributed by atoms with van der Waals surface area (Å²) in [5, 5.41) is 10.2. The molecule has 1 aliphatic carbocycles. The lowest BCUT2D eigenvalue weighted by Crippen LogP contribution is -2.06. The first-order valence-electron chi connectivity index (χ1n) is 6.11. The zero-order chi connectivity index (χ0) is 14.3. The maximum Gasteiger partial charge on any atom is 0.339 e. The molecule has 20 heavy (non-hydrogen) atoms. The van der Waals surface area contributed by atoms with E-state index in [9.17, 15) is 4.79 Å². The number of aromatic nitrogens is 2. The summed E-state index contributed by atoms with van der Waals surface area (Å²) in [4.78, 5) is 19.7. The van der Waals surface area contributed by atoms with E-state index in [0.717, 1.165) is 12.8 Å². The van der Waals surface area contributed by atoms with Crippen LogP contribution in [0.2, 0.25) is 10.0 Å². The normalized spacial score (nSPS) is 14.3. The van der Waals surface area contributed by atoms with Gasteiger partial charge in [-0.15, -0.1) is 0 Å². The Morgan fingerprint density at radius 2 is 1.85 bits per heavy atom. The lowest BCUT2D eigenvalue weighted by molar-refractivity contribution is 0.0694. The van der Waals surface area contributed by atoms with Gasteiger partial charge in [0.15, 0.2) is 5.82 Å². The van der Waals surface area contributed by atoms with Crippen LogP contribution < -0.4 is 0 Å². The monoisotopic (exact) mass is 308 g/mol. The van der Waals surface area contributed by atoms with Crippen molar-refractivity contribution in [1.82, 2.24) is 9.97 Å². The molecule has 1 aromatic carbocycles. The lowest BCUT2D eigenvalue weighted by Gasteiger charge is -2.07. The highest BCUT2D eigenvalue weighted by molar-refractivity contribution is 6.35. The molecule has 1 heterocycles. The lowest BCUT2D eigenvalue weighted by atomic mass is 10.1. The summed E-state index contributed by atoms with van der Waals surface area (Å²) in [6.45, 7) is 0. The smallest absolute Gasteiger partial charge is 0.339 e. The van der Waals surface area contributed by atoms with Crippen LogP contribution in [0.15, 0.2) is 24.4 Å². The number of carboxylic acids is 1. The molecule has 0 unspecified atom stereocenters. The van der Waals surface area contributed by atoms with Crippen LogP contribution in [0.1, 0.15) is 34.8 Å². The van der Waals surface area contributed by atoms with Crippen molar-refractivity contribution in [2.75, 3.05) is 0 Å². The van der Waals surface area contributed by atoms with Gasteiger partial charge in [-0.05, 0) is 31.0 Å². The summed E-state index contributed by atoms with van der Waals surface area (Å²) in [6.07, 6.45) is 3.28. The van der Waals surface area contributed by atoms with E-state index >= 15 is 0 Å². The van der Waals surface area contributed by atoms with E-state index in [0.29, 0.717) is 27.1 Å². The molecule has 1 N–H and O–H groups in total. The molecule has 1 fully saturated rings. The molecule has 3 rings (SSSR count). The van der Waals surface area contributed by atoms with E-state index in [-0.39, 0.29) is 11.5 Å². The Morgan fingerprint density at radius 3 is 2.40 bits per heavy atom. The van der Waals surface area contributed by atoms with Gasteiger partial charge in [-0.3, -0.25) is 0 Å². The van der Waals surface area contributed by atoms with Crippen LogP contribution in [-0.4, -0.2) is 21.0 Å². The van der Waals surface area contributed by atoms with Crippen LogP contribution in [0.3, 0.4) is 0 Å². The summed E-state index contributed by atoms with van der Waals surface area (Å²) in [6, 6.07) is 5.04. The number of aromatic carboxylic acids is 1. The van der Waals surface area contributed by atoms with Gasteiger partial charge in [0.05, 0.1) is 11.3 Å². The Kier molecular flexibility index (Phi) is 3.36. The average Bonchev–Trinajstić information content (AvgIpc) is 3.21. The molecule has 0 bridgehead atoms. The molecule has 0 radical (unpaired) electrons. The molecule has 1 aromatic heterocycles. The molecule has 102 valence electrons. The summed E-state index contributed by atoms with van der Waals surface area (Å²) in [7, 11) is 0. The zero-order valence-corrected chi connectivity index (χ0v) is 11.8. The molecule has 1 saturated carbocycles. The second-order valence-electron chi connectivity index (χ2n) is 4.73. The highest BCUT2D eigenvalue weighted by atomic mass is 35.5. The van der Waals surface area contributed by atoms with E-state index < -0.39 is 5.97 Å². The molecule has 0 atom stereocenters. The van der Waals surface area contributed by atoms with Crippen molar-refractivity contribution in [2.45, 2.75) is 18.8 Å². The van der Waals surface area contributed by atoms with E-state index in [2.05, 4.69) is 9.97 Å². The van der Waals surface area contributed by atoms with Crippen molar-refractivity contribution in [3.8, 4) is 11.4 Å². The third-order valence-electron chi connectivity index (χ3n) is 3.13. The molecule has 0 aliphatic heterocycles. The summed E-state index contributed by atoms with van der Waals surface area (Å²) >= 11 is 11.9. The van der Waals surface area contributed by atoms with Gasteiger partial charge in [-0.2, -0.15) is 0 Å². The van der Waals surface area contributed by atoms with Crippen molar-refractivity contribution in [1.29, 1.82) is 0 Å². The first-order chi connectivity index (χ1) is 9.54. The first-order valence-corrected chi connectivity index (χ1v) is 6.87. The first kappa shape index (κ1) is 13.3. The number of hydrogen-bond donors (Lipinski definition) is 1. The third kappa shape index (κ3) is 2.62.